The first-order chi connectivity index (χ1) is 23.1. The first-order valence-corrected chi connectivity index (χ1v) is 19.9. The molecule has 0 atom stereocenters. The van der Waals surface area contributed by atoms with Crippen molar-refractivity contribution in [2.45, 2.75) is 86.6 Å². The molecule has 9 heteroatoms. The van der Waals surface area contributed by atoms with Crippen molar-refractivity contribution >= 4 is 72.8 Å². The minimum absolute atomic E-state index is 0. The van der Waals surface area contributed by atoms with Crippen LogP contribution in [0, 0.1) is 26.0 Å². The third-order valence-electron chi connectivity index (χ3n) is 8.67. The van der Waals surface area contributed by atoms with E-state index in [0.717, 1.165) is 24.0 Å². The average molecular weight is 934 g/mol. The molecule has 0 saturated heterocycles. The Morgan fingerprint density at radius 1 is 0.654 bits per heavy atom. The Kier molecular flexibility index (Phi) is 17.4. The quantitative estimate of drug-likeness (QED) is 0.124. The predicted molar refractivity (Wildman–Crippen MR) is 217 cm³/mol. The Labute approximate surface area is 368 Å². The predicted octanol–water partition coefficient (Wildman–Crippen LogP) is 8.04. The zero-order valence-electron chi connectivity index (χ0n) is 30.5. The van der Waals surface area contributed by atoms with Crippen molar-refractivity contribution < 1.29 is 49.0 Å². The topological polar surface area (TPSA) is 0 Å². The first kappa shape index (κ1) is 47.6. The van der Waals surface area contributed by atoms with Crippen molar-refractivity contribution in [1.82, 2.24) is 0 Å². The number of halogens is 8. The molecule has 52 heavy (non-hydrogen) atoms. The van der Waals surface area contributed by atoms with Crippen molar-refractivity contribution in [3.05, 3.63) is 153 Å². The van der Waals surface area contributed by atoms with Crippen LogP contribution in [0.15, 0.2) is 85.0 Å². The van der Waals surface area contributed by atoms with E-state index < -0.39 is 7.59 Å². The van der Waals surface area contributed by atoms with E-state index in [9.17, 15) is 0 Å². The van der Waals surface area contributed by atoms with Crippen molar-refractivity contribution in [3.8, 4) is 11.1 Å². The van der Waals surface area contributed by atoms with E-state index in [0.29, 0.717) is 11.1 Å². The molecule has 0 radical (unpaired) electrons. The minimum atomic E-state index is -1.41. The molecule has 0 unspecified atom stereocenters. The van der Waals surface area contributed by atoms with Crippen molar-refractivity contribution in [1.29, 1.82) is 0 Å². The van der Waals surface area contributed by atoms with Crippen LogP contribution in [0.1, 0.15) is 104 Å². The van der Waals surface area contributed by atoms with E-state index in [1.54, 1.807) is 0 Å². The molecule has 0 amide bonds. The fourth-order valence-electron chi connectivity index (χ4n) is 6.18. The van der Waals surface area contributed by atoms with Gasteiger partial charge in [-0.3, -0.25) is 6.08 Å². The summed E-state index contributed by atoms with van der Waals surface area (Å²) in [4.78, 5) is 0. The molecule has 0 bridgehead atoms. The number of allylic oxidation sites excluding steroid dienone is 4. The Hall–Kier alpha value is -0.567. The average Bonchev–Trinajstić information content (AvgIpc) is 3.70. The van der Waals surface area contributed by atoms with E-state index in [-0.39, 0.29) is 35.6 Å². The fourth-order valence-corrected chi connectivity index (χ4v) is 7.76. The smallest absolute Gasteiger partial charge is 0.109 e. The Morgan fingerprint density at radius 3 is 1.48 bits per heavy atom. The molecule has 0 aromatic heterocycles. The van der Waals surface area contributed by atoms with Gasteiger partial charge in [-0.05, 0) is 35.4 Å². The number of alkyl halides is 6. The van der Waals surface area contributed by atoms with Gasteiger partial charge in [-0.25, -0.2) is 12.2 Å². The summed E-state index contributed by atoms with van der Waals surface area (Å²) >= 11 is 36.4. The largest absolute Gasteiger partial charge is 1.00 e. The molecule has 0 saturated carbocycles. The summed E-state index contributed by atoms with van der Waals surface area (Å²) in [5.41, 5.74) is 15.0. The molecule has 0 fully saturated rings. The maximum Gasteiger partial charge on any atom is -0.109 e. The molecular weight excluding hydrogens is 891 g/mol. The Bertz CT molecular complexity index is 1760. The van der Waals surface area contributed by atoms with Crippen LogP contribution in [-0.2, 0) is 49.1 Å². The molecule has 4 aromatic rings. The second-order valence-electron chi connectivity index (χ2n) is 14.7. The second-order valence-corrected chi connectivity index (χ2v) is 20.5. The van der Waals surface area contributed by atoms with Gasteiger partial charge >= 0.3 is 175 Å². The maximum atomic E-state index is 5.86. The van der Waals surface area contributed by atoms with E-state index in [1.807, 2.05) is 60.7 Å². The molecule has 0 N–H and O–H groups in total. The molecule has 0 spiro atoms. The molecule has 0 aliphatic heterocycles. The van der Waals surface area contributed by atoms with E-state index >= 15 is 0 Å². The molecule has 0 nitrogen and oxygen atoms in total. The fraction of sp³-hybridized carbons (Fsp3) is 0.326. The van der Waals surface area contributed by atoms with Gasteiger partial charge in [0.1, 0.15) is 0 Å². The summed E-state index contributed by atoms with van der Waals surface area (Å²) < 4.78 is -1.66. The van der Waals surface area contributed by atoms with Crippen LogP contribution in [-0.4, -0.2) is 3.21 Å². The number of hydrogen-bond donors (Lipinski definition) is 0. The van der Waals surface area contributed by atoms with Crippen LogP contribution in [0.2, 0.25) is 0 Å². The molecule has 2 aliphatic carbocycles. The standard InChI is InChI=1S/C23H29.C15H8Cl6.C5H5.2ClH.Zr/c1-14-9-16-11-17-10-15(2)21(23(6,7)8)13-19(17)18(16)12-20(14)22(3,4)5;16-14(17,18)12-5-1-10(2-6-12)9-11-3-7-13(8-4-11)15(19,20)21;1-2-4-5-3-1;;;/h9,12-13H,11H2,1-8H3;1-8H;1-3H,4H2;2*1H;/q-1;;-1;;;+2/p-2. The van der Waals surface area contributed by atoms with Gasteiger partial charge in [0.15, 0.2) is 0 Å². The molecule has 2 aliphatic rings. The van der Waals surface area contributed by atoms with E-state index in [1.165, 1.54) is 71.9 Å². The number of aryl methyl sites for hydroxylation is 2. The molecule has 6 rings (SSSR count). The third kappa shape index (κ3) is 12.5. The summed E-state index contributed by atoms with van der Waals surface area (Å²) in [5.74, 6) is 0. The van der Waals surface area contributed by atoms with Crippen LogP contribution < -0.4 is 24.8 Å². The van der Waals surface area contributed by atoms with Crippen molar-refractivity contribution in [2.24, 2.45) is 0 Å². The van der Waals surface area contributed by atoms with Crippen LogP contribution in [0.25, 0.3) is 11.1 Å². The third-order valence-corrected chi connectivity index (χ3v) is 11.4. The Morgan fingerprint density at radius 2 is 1.12 bits per heavy atom. The molecule has 4 aromatic carbocycles. The van der Waals surface area contributed by atoms with E-state index in [4.69, 9.17) is 69.6 Å². The zero-order valence-corrected chi connectivity index (χ0v) is 39.0. The van der Waals surface area contributed by atoms with Gasteiger partial charge in [0.25, 0.3) is 0 Å². The van der Waals surface area contributed by atoms with Crippen molar-refractivity contribution in [3.63, 3.8) is 0 Å². The molecular formula is C43H42Cl8Zr-2. The maximum absolute atomic E-state index is 5.86. The van der Waals surface area contributed by atoms with Crippen molar-refractivity contribution in [2.75, 3.05) is 0 Å². The van der Waals surface area contributed by atoms with Gasteiger partial charge < -0.3 is 24.8 Å². The SMILES string of the molecule is Cc1[c-]c2c(cc1C(C)(C)C)-c1cc(C(C)(C)C)c(C)cc1C2.ClC(Cl)(Cl)c1ccc([C](=[Zr+2])c2ccc(C(Cl)(Cl)Cl)cc2)cc1.[C-]1=CC=CC1.[Cl-].[Cl-]. The summed E-state index contributed by atoms with van der Waals surface area (Å²) in [7, 11) is 0. The summed E-state index contributed by atoms with van der Waals surface area (Å²) in [6.45, 7) is 18.2. The zero-order chi connectivity index (χ0) is 37.2. The first-order valence-electron chi connectivity index (χ1n) is 16.4. The van der Waals surface area contributed by atoms with Gasteiger partial charge in [-0.15, -0.1) is 23.1 Å². The van der Waals surface area contributed by atoms with Gasteiger partial charge in [0, 0.05) is 0 Å². The summed E-state index contributed by atoms with van der Waals surface area (Å²) in [6, 6.07) is 25.9. The van der Waals surface area contributed by atoms with E-state index in [2.05, 4.69) is 91.8 Å². The van der Waals surface area contributed by atoms with Crippen LogP contribution in [0.3, 0.4) is 0 Å². The van der Waals surface area contributed by atoms with Crippen LogP contribution in [0.5, 0.6) is 0 Å². The van der Waals surface area contributed by atoms with Gasteiger partial charge in [-0.2, -0.15) is 23.8 Å². The monoisotopic (exact) mass is 928 g/mol. The normalized spacial score (nSPS) is 13.1. The van der Waals surface area contributed by atoms with Crippen LogP contribution >= 0.6 is 69.6 Å². The van der Waals surface area contributed by atoms with Crippen LogP contribution in [0.4, 0.5) is 0 Å². The second kappa shape index (κ2) is 19.0. The summed E-state index contributed by atoms with van der Waals surface area (Å²) in [5, 5.41) is 0. The number of benzene rings is 4. The molecule has 0 heterocycles. The minimum Gasteiger partial charge on any atom is -1.00 e. The van der Waals surface area contributed by atoms with Gasteiger partial charge in [0.05, 0.1) is 0 Å². The molecule has 276 valence electrons. The number of fused-ring (bicyclic) bond motifs is 3. The van der Waals surface area contributed by atoms with Gasteiger partial charge in [0.2, 0.25) is 0 Å². The Balaban J connectivity index is 0.000000307. The van der Waals surface area contributed by atoms with Gasteiger partial charge in [-0.1, -0.05) is 71.6 Å². The number of hydrogen-bond acceptors (Lipinski definition) is 0. The summed E-state index contributed by atoms with van der Waals surface area (Å²) in [6.07, 6.45) is 11.0. The number of rotatable bonds is 2.